The van der Waals surface area contributed by atoms with Crippen LogP contribution in [0.4, 0.5) is 11.8 Å². The van der Waals surface area contributed by atoms with E-state index in [-0.39, 0.29) is 0 Å². The summed E-state index contributed by atoms with van der Waals surface area (Å²) < 4.78 is 1.12. The summed E-state index contributed by atoms with van der Waals surface area (Å²) >= 11 is 1.67. The van der Waals surface area contributed by atoms with Crippen molar-refractivity contribution < 1.29 is 0 Å². The van der Waals surface area contributed by atoms with E-state index >= 15 is 0 Å². The highest BCUT2D eigenvalue weighted by Gasteiger charge is 2.08. The van der Waals surface area contributed by atoms with Gasteiger partial charge in [0.25, 0.3) is 0 Å². The van der Waals surface area contributed by atoms with E-state index in [1.165, 1.54) is 19.3 Å². The van der Waals surface area contributed by atoms with Gasteiger partial charge in [0.1, 0.15) is 5.82 Å². The number of rotatable bonds is 8. The van der Waals surface area contributed by atoms with Gasteiger partial charge < -0.3 is 16.4 Å². The third-order valence-electron chi connectivity index (χ3n) is 2.80. The minimum Gasteiger partial charge on any atom is -0.369 e. The van der Waals surface area contributed by atoms with E-state index in [4.69, 9.17) is 5.73 Å². The largest absolute Gasteiger partial charge is 0.369 e. The van der Waals surface area contributed by atoms with Gasteiger partial charge in [-0.15, -0.1) is 11.3 Å². The first-order valence-electron chi connectivity index (χ1n) is 6.78. The average molecular weight is 279 g/mol. The van der Waals surface area contributed by atoms with Gasteiger partial charge >= 0.3 is 0 Å². The van der Waals surface area contributed by atoms with Crippen LogP contribution in [0.3, 0.4) is 0 Å². The Hall–Kier alpha value is -1.40. The molecule has 0 aliphatic rings. The Morgan fingerprint density at radius 2 is 2.11 bits per heavy atom. The molecule has 6 heteroatoms. The molecule has 104 valence electrons. The second-order valence-electron chi connectivity index (χ2n) is 4.38. The molecule has 2 heterocycles. The van der Waals surface area contributed by atoms with Crippen LogP contribution in [0.25, 0.3) is 10.2 Å². The Kier molecular flexibility index (Phi) is 5.35. The van der Waals surface area contributed by atoms with Crippen LogP contribution in [0.2, 0.25) is 0 Å². The number of nitrogens with two attached hydrogens (primary N) is 1. The highest BCUT2D eigenvalue weighted by atomic mass is 32.1. The van der Waals surface area contributed by atoms with Gasteiger partial charge in [-0.05, 0) is 17.9 Å². The molecule has 0 aliphatic heterocycles. The van der Waals surface area contributed by atoms with Crippen LogP contribution in [0.5, 0.6) is 0 Å². The minimum atomic E-state index is 0.574. The Bertz CT molecular complexity index is 511. The van der Waals surface area contributed by atoms with Crippen LogP contribution >= 0.6 is 11.3 Å². The lowest BCUT2D eigenvalue weighted by Gasteiger charge is -2.09. The lowest BCUT2D eigenvalue weighted by atomic mass is 10.2. The van der Waals surface area contributed by atoms with E-state index in [2.05, 4.69) is 27.5 Å². The van der Waals surface area contributed by atoms with E-state index in [9.17, 15) is 0 Å². The summed E-state index contributed by atoms with van der Waals surface area (Å²) in [6.07, 6.45) is 3.63. The van der Waals surface area contributed by atoms with E-state index in [0.29, 0.717) is 19.0 Å². The smallest absolute Gasteiger partial charge is 0.225 e. The predicted molar refractivity (Wildman–Crippen MR) is 83.0 cm³/mol. The fourth-order valence-corrected chi connectivity index (χ4v) is 2.63. The summed E-state index contributed by atoms with van der Waals surface area (Å²) in [6.45, 7) is 4.42. The van der Waals surface area contributed by atoms with Crippen molar-refractivity contribution in [3.63, 3.8) is 0 Å². The molecule has 0 spiro atoms. The van der Waals surface area contributed by atoms with Crippen LogP contribution in [0, 0.1) is 0 Å². The van der Waals surface area contributed by atoms with Gasteiger partial charge in [-0.1, -0.05) is 19.8 Å². The van der Waals surface area contributed by atoms with E-state index in [1.54, 1.807) is 11.3 Å². The Morgan fingerprint density at radius 1 is 1.21 bits per heavy atom. The maximum absolute atomic E-state index is 5.49. The van der Waals surface area contributed by atoms with E-state index < -0.39 is 0 Å². The second kappa shape index (κ2) is 7.25. The summed E-state index contributed by atoms with van der Waals surface area (Å²) in [5.41, 5.74) is 6.47. The maximum atomic E-state index is 5.49. The number of thiophene rings is 1. The Balaban J connectivity index is 2.12. The van der Waals surface area contributed by atoms with E-state index in [0.717, 1.165) is 22.6 Å². The molecule has 2 aromatic rings. The van der Waals surface area contributed by atoms with E-state index in [1.807, 2.05) is 11.4 Å². The second-order valence-corrected chi connectivity index (χ2v) is 5.30. The molecule has 19 heavy (non-hydrogen) atoms. The first-order chi connectivity index (χ1) is 9.35. The maximum Gasteiger partial charge on any atom is 0.225 e. The zero-order valence-corrected chi connectivity index (χ0v) is 12.1. The molecular weight excluding hydrogens is 258 g/mol. The lowest BCUT2D eigenvalue weighted by Crippen LogP contribution is -2.15. The Labute approximate surface area is 117 Å². The highest BCUT2D eigenvalue weighted by molar-refractivity contribution is 7.17. The Morgan fingerprint density at radius 3 is 2.89 bits per heavy atom. The minimum absolute atomic E-state index is 0.574. The molecule has 0 aromatic carbocycles. The van der Waals surface area contributed by atoms with Gasteiger partial charge in [0.05, 0.1) is 10.2 Å². The molecule has 0 saturated heterocycles. The number of fused-ring (bicyclic) bond motifs is 1. The average Bonchev–Trinajstić information content (AvgIpc) is 2.89. The van der Waals surface area contributed by atoms with Crippen LogP contribution in [0.15, 0.2) is 11.4 Å². The van der Waals surface area contributed by atoms with Crippen LogP contribution in [-0.2, 0) is 0 Å². The summed E-state index contributed by atoms with van der Waals surface area (Å²) in [5.74, 6) is 1.57. The number of unbranched alkanes of at least 4 members (excludes halogenated alkanes) is 2. The number of nitrogens with one attached hydrogen (secondary N) is 2. The predicted octanol–water partition coefficient (Wildman–Crippen LogP) is 2.66. The van der Waals surface area contributed by atoms with Gasteiger partial charge in [-0.2, -0.15) is 4.98 Å². The van der Waals surface area contributed by atoms with Crippen molar-refractivity contribution in [2.45, 2.75) is 26.2 Å². The standard InChI is InChI=1S/C13H21N5S/c1-2-3-4-7-15-12-11-10(5-9-19-11)17-13(18-12)16-8-6-14/h5,9H,2-4,6-8,14H2,1H3,(H2,15,16,17,18). The van der Waals surface area contributed by atoms with Crippen molar-refractivity contribution in [1.82, 2.24) is 9.97 Å². The van der Waals surface area contributed by atoms with Gasteiger partial charge in [-0.25, -0.2) is 4.98 Å². The number of hydrogen-bond acceptors (Lipinski definition) is 6. The molecular formula is C13H21N5S. The van der Waals surface area contributed by atoms with Crippen LogP contribution in [-0.4, -0.2) is 29.6 Å². The number of anilines is 2. The molecule has 0 bridgehead atoms. The van der Waals surface area contributed by atoms with Gasteiger partial charge in [-0.3, -0.25) is 0 Å². The topological polar surface area (TPSA) is 75.9 Å². The van der Waals surface area contributed by atoms with Crippen molar-refractivity contribution in [3.8, 4) is 0 Å². The molecule has 0 saturated carbocycles. The van der Waals surface area contributed by atoms with Crippen LogP contribution < -0.4 is 16.4 Å². The zero-order chi connectivity index (χ0) is 13.5. The zero-order valence-electron chi connectivity index (χ0n) is 11.3. The molecule has 0 amide bonds. The summed E-state index contributed by atoms with van der Waals surface area (Å²) in [5, 5.41) is 8.59. The quantitative estimate of drug-likeness (QED) is 0.648. The summed E-state index contributed by atoms with van der Waals surface area (Å²) in [4.78, 5) is 9.00. The molecule has 2 aromatic heterocycles. The number of hydrogen-bond donors (Lipinski definition) is 3. The van der Waals surface area contributed by atoms with Crippen molar-refractivity contribution in [2.75, 3.05) is 30.3 Å². The monoisotopic (exact) mass is 279 g/mol. The van der Waals surface area contributed by atoms with Crippen molar-refractivity contribution in [1.29, 1.82) is 0 Å². The van der Waals surface area contributed by atoms with Crippen LogP contribution in [0.1, 0.15) is 26.2 Å². The molecule has 0 fully saturated rings. The molecule has 0 atom stereocenters. The third kappa shape index (κ3) is 3.78. The third-order valence-corrected chi connectivity index (χ3v) is 3.71. The molecule has 5 nitrogen and oxygen atoms in total. The molecule has 0 aliphatic carbocycles. The fourth-order valence-electron chi connectivity index (χ4n) is 1.83. The molecule has 0 radical (unpaired) electrons. The molecule has 4 N–H and O–H groups in total. The number of aromatic nitrogens is 2. The molecule has 2 rings (SSSR count). The highest BCUT2D eigenvalue weighted by Crippen LogP contribution is 2.27. The first-order valence-corrected chi connectivity index (χ1v) is 7.66. The lowest BCUT2D eigenvalue weighted by molar-refractivity contribution is 0.743. The van der Waals surface area contributed by atoms with Gasteiger partial charge in [0.15, 0.2) is 0 Å². The summed E-state index contributed by atoms with van der Waals surface area (Å²) in [6, 6.07) is 2.02. The number of nitrogens with zero attached hydrogens (tertiary/aromatic N) is 2. The van der Waals surface area contributed by atoms with Crippen molar-refractivity contribution >= 4 is 33.3 Å². The molecule has 0 unspecified atom stereocenters. The normalized spacial score (nSPS) is 10.8. The first kappa shape index (κ1) is 14.0. The van der Waals surface area contributed by atoms with Gasteiger partial charge in [0, 0.05) is 19.6 Å². The summed E-state index contributed by atoms with van der Waals surface area (Å²) in [7, 11) is 0. The van der Waals surface area contributed by atoms with Crippen molar-refractivity contribution in [2.24, 2.45) is 5.73 Å². The fraction of sp³-hybridized carbons (Fsp3) is 0.538. The van der Waals surface area contributed by atoms with Gasteiger partial charge in [0.2, 0.25) is 5.95 Å². The van der Waals surface area contributed by atoms with Crippen molar-refractivity contribution in [3.05, 3.63) is 11.4 Å². The SMILES string of the molecule is CCCCCNc1nc(NCCN)nc2ccsc12.